The smallest absolute Gasteiger partial charge is 0.409 e. The van der Waals surface area contributed by atoms with E-state index < -0.39 is 0 Å². The molecule has 0 aromatic heterocycles. The van der Waals surface area contributed by atoms with Crippen LogP contribution in [0, 0.1) is 0 Å². The van der Waals surface area contributed by atoms with Crippen molar-refractivity contribution < 1.29 is 28.7 Å². The molecule has 0 saturated carbocycles. The van der Waals surface area contributed by atoms with E-state index in [0.717, 1.165) is 0 Å². The maximum Gasteiger partial charge on any atom is 0.409 e. The predicted molar refractivity (Wildman–Crippen MR) is 118 cm³/mol. The van der Waals surface area contributed by atoms with Gasteiger partial charge in [-0.05, 0) is 36.8 Å². The number of methoxy groups -OCH3 is 1. The summed E-state index contributed by atoms with van der Waals surface area (Å²) < 4.78 is 10.4. The third-order valence-electron chi connectivity index (χ3n) is 5.81. The van der Waals surface area contributed by atoms with Crippen molar-refractivity contribution in [2.24, 2.45) is 0 Å². The standard InChI is InChI=1S/C24H25N3O6/c1-3-33-24(31)26-12-10-25(11-13-26)21(28)19-14-16(8-9-20(19)32-2)15-27-22(29)17-6-4-5-7-18(17)23(27)30/h4-9,14H,3,10-13,15H2,1-2H3. The number of carbonyl (C=O) groups excluding carboxylic acids is 4. The lowest BCUT2D eigenvalue weighted by molar-refractivity contribution is 0.0568. The minimum absolute atomic E-state index is 0.0489. The molecule has 0 aliphatic carbocycles. The van der Waals surface area contributed by atoms with Crippen LogP contribution in [0.3, 0.4) is 0 Å². The van der Waals surface area contributed by atoms with E-state index in [4.69, 9.17) is 9.47 Å². The molecule has 2 aliphatic heterocycles. The lowest BCUT2D eigenvalue weighted by atomic mass is 10.1. The summed E-state index contributed by atoms with van der Waals surface area (Å²) in [6.07, 6.45) is -0.384. The molecule has 33 heavy (non-hydrogen) atoms. The molecule has 9 nitrogen and oxygen atoms in total. The van der Waals surface area contributed by atoms with Crippen LogP contribution in [0.15, 0.2) is 42.5 Å². The number of amides is 4. The molecular formula is C24H25N3O6. The van der Waals surface area contributed by atoms with Crippen LogP contribution in [0.25, 0.3) is 0 Å². The van der Waals surface area contributed by atoms with E-state index in [1.165, 1.54) is 12.0 Å². The van der Waals surface area contributed by atoms with Gasteiger partial charge in [0.05, 0.1) is 37.0 Å². The Bertz CT molecular complexity index is 1070. The topological polar surface area (TPSA) is 96.5 Å². The molecule has 0 radical (unpaired) electrons. The Morgan fingerprint density at radius 2 is 1.52 bits per heavy atom. The number of benzene rings is 2. The zero-order valence-corrected chi connectivity index (χ0v) is 18.6. The van der Waals surface area contributed by atoms with Crippen molar-refractivity contribution in [2.75, 3.05) is 39.9 Å². The number of hydrogen-bond acceptors (Lipinski definition) is 6. The summed E-state index contributed by atoms with van der Waals surface area (Å²) in [7, 11) is 1.48. The molecule has 2 heterocycles. The third-order valence-corrected chi connectivity index (χ3v) is 5.81. The summed E-state index contributed by atoms with van der Waals surface area (Å²) in [5, 5.41) is 0. The molecule has 0 unspecified atom stereocenters. The summed E-state index contributed by atoms with van der Waals surface area (Å²) in [4.78, 5) is 54.9. The van der Waals surface area contributed by atoms with Gasteiger partial charge in [0.15, 0.2) is 0 Å². The van der Waals surface area contributed by atoms with Crippen LogP contribution in [0.2, 0.25) is 0 Å². The van der Waals surface area contributed by atoms with Gasteiger partial charge < -0.3 is 19.3 Å². The van der Waals surface area contributed by atoms with Crippen molar-refractivity contribution in [3.8, 4) is 5.75 Å². The molecule has 0 bridgehead atoms. The highest BCUT2D eigenvalue weighted by Gasteiger charge is 2.35. The van der Waals surface area contributed by atoms with Crippen molar-refractivity contribution in [3.63, 3.8) is 0 Å². The van der Waals surface area contributed by atoms with E-state index in [2.05, 4.69) is 0 Å². The maximum absolute atomic E-state index is 13.2. The van der Waals surface area contributed by atoms with E-state index in [1.807, 2.05) is 0 Å². The van der Waals surface area contributed by atoms with E-state index in [9.17, 15) is 19.2 Å². The van der Waals surface area contributed by atoms with Gasteiger partial charge in [0.2, 0.25) is 0 Å². The maximum atomic E-state index is 13.2. The normalized spacial score (nSPS) is 15.5. The highest BCUT2D eigenvalue weighted by atomic mass is 16.6. The van der Waals surface area contributed by atoms with Crippen LogP contribution in [-0.4, -0.2) is 78.4 Å². The van der Waals surface area contributed by atoms with Crippen LogP contribution in [0.1, 0.15) is 43.6 Å². The fourth-order valence-electron chi connectivity index (χ4n) is 4.06. The number of nitrogens with zero attached hydrogens (tertiary/aromatic N) is 3. The van der Waals surface area contributed by atoms with E-state index in [-0.39, 0.29) is 30.4 Å². The van der Waals surface area contributed by atoms with Crippen molar-refractivity contribution in [1.29, 1.82) is 0 Å². The van der Waals surface area contributed by atoms with Gasteiger partial charge in [0, 0.05) is 26.2 Å². The van der Waals surface area contributed by atoms with Crippen LogP contribution in [0.4, 0.5) is 4.79 Å². The quantitative estimate of drug-likeness (QED) is 0.648. The molecule has 4 amide bonds. The second-order valence-corrected chi connectivity index (χ2v) is 7.75. The Balaban J connectivity index is 1.50. The minimum Gasteiger partial charge on any atom is -0.496 e. The van der Waals surface area contributed by atoms with Crippen LogP contribution in [0.5, 0.6) is 5.75 Å². The molecule has 4 rings (SSSR count). The number of hydrogen-bond donors (Lipinski definition) is 0. The summed E-state index contributed by atoms with van der Waals surface area (Å²) >= 11 is 0. The van der Waals surface area contributed by atoms with Gasteiger partial charge in [0.1, 0.15) is 5.75 Å². The molecule has 9 heteroatoms. The minimum atomic E-state index is -0.384. The number of imide groups is 1. The van der Waals surface area contributed by atoms with Crippen molar-refractivity contribution in [3.05, 3.63) is 64.7 Å². The van der Waals surface area contributed by atoms with Gasteiger partial charge in [-0.2, -0.15) is 0 Å². The first-order chi connectivity index (χ1) is 15.9. The Hall–Kier alpha value is -3.88. The monoisotopic (exact) mass is 451 g/mol. The SMILES string of the molecule is CCOC(=O)N1CCN(C(=O)c2cc(CN3C(=O)c4ccccc4C3=O)ccc2OC)CC1. The van der Waals surface area contributed by atoms with Crippen molar-refractivity contribution >= 4 is 23.8 Å². The first kappa shape index (κ1) is 22.3. The van der Waals surface area contributed by atoms with E-state index in [0.29, 0.717) is 60.8 Å². The molecule has 0 spiro atoms. The molecule has 0 atom stereocenters. The van der Waals surface area contributed by atoms with E-state index >= 15 is 0 Å². The Morgan fingerprint density at radius 1 is 0.909 bits per heavy atom. The first-order valence-electron chi connectivity index (χ1n) is 10.8. The molecule has 172 valence electrons. The average Bonchev–Trinajstić information content (AvgIpc) is 3.08. The fraction of sp³-hybridized carbons (Fsp3) is 0.333. The number of carbonyl (C=O) groups is 4. The second-order valence-electron chi connectivity index (χ2n) is 7.75. The highest BCUT2D eigenvalue weighted by Crippen LogP contribution is 2.27. The molecular weight excluding hydrogens is 426 g/mol. The van der Waals surface area contributed by atoms with Crippen LogP contribution in [-0.2, 0) is 11.3 Å². The van der Waals surface area contributed by atoms with Gasteiger partial charge in [-0.15, -0.1) is 0 Å². The Labute approximate surface area is 191 Å². The van der Waals surface area contributed by atoms with Gasteiger partial charge >= 0.3 is 6.09 Å². The van der Waals surface area contributed by atoms with Gasteiger partial charge in [-0.25, -0.2) is 4.79 Å². The third kappa shape index (κ3) is 4.26. The fourth-order valence-corrected chi connectivity index (χ4v) is 4.06. The van der Waals surface area contributed by atoms with Gasteiger partial charge in [-0.3, -0.25) is 19.3 Å². The molecule has 2 aliphatic rings. The molecule has 2 aromatic carbocycles. The van der Waals surface area contributed by atoms with Gasteiger partial charge in [-0.1, -0.05) is 18.2 Å². The average molecular weight is 451 g/mol. The van der Waals surface area contributed by atoms with Crippen LogP contribution < -0.4 is 4.74 Å². The molecule has 2 aromatic rings. The van der Waals surface area contributed by atoms with Crippen molar-refractivity contribution in [2.45, 2.75) is 13.5 Å². The molecule has 1 fully saturated rings. The zero-order valence-electron chi connectivity index (χ0n) is 18.6. The number of fused-ring (bicyclic) bond motifs is 1. The molecule has 1 saturated heterocycles. The predicted octanol–water partition coefficient (Wildman–Crippen LogP) is 2.41. The lowest BCUT2D eigenvalue weighted by Gasteiger charge is -2.34. The Kier molecular flexibility index (Phi) is 6.30. The van der Waals surface area contributed by atoms with Gasteiger partial charge in [0.25, 0.3) is 17.7 Å². The summed E-state index contributed by atoms with van der Waals surface area (Å²) in [6.45, 7) is 3.58. The summed E-state index contributed by atoms with van der Waals surface area (Å²) in [5.41, 5.74) is 1.74. The number of piperazine rings is 1. The first-order valence-corrected chi connectivity index (χ1v) is 10.8. The van der Waals surface area contributed by atoms with Crippen LogP contribution >= 0.6 is 0 Å². The van der Waals surface area contributed by atoms with Crippen molar-refractivity contribution in [1.82, 2.24) is 14.7 Å². The number of ether oxygens (including phenoxy) is 2. The van der Waals surface area contributed by atoms with E-state index in [1.54, 1.807) is 59.2 Å². The Morgan fingerprint density at radius 3 is 2.09 bits per heavy atom. The molecule has 0 N–H and O–H groups in total. The summed E-state index contributed by atoms with van der Waals surface area (Å²) in [5.74, 6) is -0.540. The second kappa shape index (κ2) is 9.32. The summed E-state index contributed by atoms with van der Waals surface area (Å²) in [6, 6.07) is 11.8. The largest absolute Gasteiger partial charge is 0.496 e. The number of rotatable bonds is 5. The zero-order chi connectivity index (χ0) is 23.5. The highest BCUT2D eigenvalue weighted by molar-refractivity contribution is 6.21. The lowest BCUT2D eigenvalue weighted by Crippen LogP contribution is -2.50.